The molecule has 0 aromatic carbocycles. The van der Waals surface area contributed by atoms with E-state index in [4.69, 9.17) is 0 Å². The third-order valence-electron chi connectivity index (χ3n) is 4.12. The van der Waals surface area contributed by atoms with Gasteiger partial charge in [0.25, 0.3) is 0 Å². The van der Waals surface area contributed by atoms with Crippen LogP contribution < -0.4 is 5.32 Å². The minimum Gasteiger partial charge on any atom is -0.354 e. The molecule has 5 heteroatoms. The first-order chi connectivity index (χ1) is 7.64. The van der Waals surface area contributed by atoms with Crippen molar-refractivity contribution in [2.45, 2.75) is 31.2 Å². The zero-order valence-corrected chi connectivity index (χ0v) is 13.5. The maximum Gasteiger partial charge on any atom is 0.193 e. The second-order valence-corrected chi connectivity index (χ2v) is 5.31. The van der Waals surface area contributed by atoms with Gasteiger partial charge < -0.3 is 15.1 Å². The molecule has 0 bridgehead atoms. The summed E-state index contributed by atoms with van der Waals surface area (Å²) in [5.74, 6) is 1.08. The lowest BCUT2D eigenvalue weighted by Crippen LogP contribution is -2.52. The van der Waals surface area contributed by atoms with Gasteiger partial charge >= 0.3 is 0 Å². The molecule has 1 heterocycles. The smallest absolute Gasteiger partial charge is 0.193 e. The van der Waals surface area contributed by atoms with Gasteiger partial charge in [0.15, 0.2) is 5.96 Å². The van der Waals surface area contributed by atoms with Gasteiger partial charge in [-0.15, -0.1) is 24.0 Å². The van der Waals surface area contributed by atoms with Crippen LogP contribution in [0.15, 0.2) is 4.99 Å². The minimum absolute atomic E-state index is 0. The average molecular weight is 352 g/mol. The summed E-state index contributed by atoms with van der Waals surface area (Å²) < 4.78 is 0. The van der Waals surface area contributed by atoms with Crippen molar-refractivity contribution in [1.29, 1.82) is 0 Å². The largest absolute Gasteiger partial charge is 0.354 e. The van der Waals surface area contributed by atoms with E-state index in [2.05, 4.69) is 41.3 Å². The molecular formula is C12H25IN4. The van der Waals surface area contributed by atoms with Crippen molar-refractivity contribution in [3.63, 3.8) is 0 Å². The number of rotatable bonds is 3. The lowest BCUT2D eigenvalue weighted by atomic mass is 9.96. The van der Waals surface area contributed by atoms with E-state index < -0.39 is 0 Å². The molecule has 1 N–H and O–H groups in total. The Hall–Kier alpha value is -0.0400. The Bertz CT molecular complexity index is 272. The Kier molecular flexibility index (Phi) is 5.50. The molecule has 4 nitrogen and oxygen atoms in total. The number of aliphatic imine (C=N–C) groups is 1. The molecule has 0 amide bonds. The second-order valence-electron chi connectivity index (χ2n) is 5.31. The quantitative estimate of drug-likeness (QED) is 0.779. The van der Waals surface area contributed by atoms with Gasteiger partial charge in [-0.25, -0.2) is 0 Å². The van der Waals surface area contributed by atoms with E-state index in [1.165, 1.54) is 25.7 Å². The second kappa shape index (κ2) is 6.22. The Morgan fingerprint density at radius 1 is 1.35 bits per heavy atom. The summed E-state index contributed by atoms with van der Waals surface area (Å²) in [5.41, 5.74) is 0.353. The first-order valence-corrected chi connectivity index (χ1v) is 6.31. The maximum absolute atomic E-state index is 4.48. The van der Waals surface area contributed by atoms with Crippen molar-refractivity contribution in [3.8, 4) is 0 Å². The fourth-order valence-corrected chi connectivity index (χ4v) is 2.78. The zero-order valence-electron chi connectivity index (χ0n) is 11.2. The molecular weight excluding hydrogens is 327 g/mol. The van der Waals surface area contributed by atoms with Crippen molar-refractivity contribution in [3.05, 3.63) is 0 Å². The SMILES string of the molecule is CN1CCN=C1NCC1(N(C)C)CCCC1.I. The van der Waals surface area contributed by atoms with Crippen LogP contribution in [0, 0.1) is 0 Å². The number of halogens is 1. The normalized spacial score (nSPS) is 22.6. The van der Waals surface area contributed by atoms with E-state index >= 15 is 0 Å². The van der Waals surface area contributed by atoms with Crippen LogP contribution in [0.5, 0.6) is 0 Å². The molecule has 1 aliphatic heterocycles. The first kappa shape index (κ1) is 15.0. The van der Waals surface area contributed by atoms with E-state index in [1.54, 1.807) is 0 Å². The molecule has 0 radical (unpaired) electrons. The lowest BCUT2D eigenvalue weighted by Gasteiger charge is -2.37. The van der Waals surface area contributed by atoms with Crippen LogP contribution in [-0.2, 0) is 0 Å². The zero-order chi connectivity index (χ0) is 11.6. The predicted octanol–water partition coefficient (Wildman–Crippen LogP) is 1.37. The van der Waals surface area contributed by atoms with Crippen LogP contribution in [0.4, 0.5) is 0 Å². The van der Waals surface area contributed by atoms with Crippen LogP contribution in [0.25, 0.3) is 0 Å². The highest BCUT2D eigenvalue weighted by atomic mass is 127. The number of guanidine groups is 1. The predicted molar refractivity (Wildman–Crippen MR) is 83.2 cm³/mol. The molecule has 1 aliphatic carbocycles. The van der Waals surface area contributed by atoms with E-state index in [-0.39, 0.29) is 24.0 Å². The molecule has 17 heavy (non-hydrogen) atoms. The number of hydrogen-bond acceptors (Lipinski definition) is 4. The summed E-state index contributed by atoms with van der Waals surface area (Å²) in [6.07, 6.45) is 5.35. The van der Waals surface area contributed by atoms with Crippen molar-refractivity contribution in [2.75, 3.05) is 40.8 Å². The lowest BCUT2D eigenvalue weighted by molar-refractivity contribution is 0.160. The van der Waals surface area contributed by atoms with Gasteiger partial charge in [0, 0.05) is 25.7 Å². The van der Waals surface area contributed by atoms with Gasteiger partial charge in [-0.1, -0.05) is 12.8 Å². The topological polar surface area (TPSA) is 30.9 Å². The first-order valence-electron chi connectivity index (χ1n) is 6.31. The van der Waals surface area contributed by atoms with Gasteiger partial charge in [0.2, 0.25) is 0 Å². The molecule has 0 saturated heterocycles. The van der Waals surface area contributed by atoms with E-state index in [0.29, 0.717) is 5.54 Å². The Morgan fingerprint density at radius 3 is 2.47 bits per heavy atom. The number of hydrogen-bond donors (Lipinski definition) is 1. The van der Waals surface area contributed by atoms with Crippen LogP contribution >= 0.6 is 24.0 Å². The van der Waals surface area contributed by atoms with Gasteiger partial charge in [0.1, 0.15) is 0 Å². The molecule has 2 aliphatic rings. The monoisotopic (exact) mass is 352 g/mol. The summed E-state index contributed by atoms with van der Waals surface area (Å²) in [5, 5.41) is 3.53. The summed E-state index contributed by atoms with van der Waals surface area (Å²) in [6, 6.07) is 0. The van der Waals surface area contributed by atoms with Crippen LogP contribution in [0.1, 0.15) is 25.7 Å². The van der Waals surface area contributed by atoms with Gasteiger partial charge in [-0.2, -0.15) is 0 Å². The van der Waals surface area contributed by atoms with Crippen LogP contribution in [-0.4, -0.2) is 62.1 Å². The minimum atomic E-state index is 0. The van der Waals surface area contributed by atoms with E-state index in [1.807, 2.05) is 0 Å². The molecule has 0 atom stereocenters. The Morgan fingerprint density at radius 2 is 2.00 bits per heavy atom. The molecule has 1 saturated carbocycles. The maximum atomic E-state index is 4.48. The van der Waals surface area contributed by atoms with E-state index in [9.17, 15) is 0 Å². The van der Waals surface area contributed by atoms with Gasteiger partial charge in [-0.3, -0.25) is 4.99 Å². The highest BCUT2D eigenvalue weighted by Crippen LogP contribution is 2.33. The molecule has 1 fully saturated rings. The molecule has 100 valence electrons. The highest BCUT2D eigenvalue weighted by Gasteiger charge is 2.36. The molecule has 2 rings (SSSR count). The van der Waals surface area contributed by atoms with Crippen molar-refractivity contribution < 1.29 is 0 Å². The Balaban J connectivity index is 0.00000144. The fourth-order valence-electron chi connectivity index (χ4n) is 2.78. The van der Waals surface area contributed by atoms with Gasteiger partial charge in [-0.05, 0) is 26.9 Å². The third-order valence-corrected chi connectivity index (χ3v) is 4.12. The van der Waals surface area contributed by atoms with Crippen LogP contribution in [0.3, 0.4) is 0 Å². The Labute approximate surface area is 122 Å². The van der Waals surface area contributed by atoms with E-state index in [0.717, 1.165) is 25.6 Å². The molecule has 0 spiro atoms. The number of likely N-dealkylation sites (N-methyl/N-ethyl adjacent to an activating group) is 2. The van der Waals surface area contributed by atoms with Crippen molar-refractivity contribution in [2.24, 2.45) is 4.99 Å². The molecule has 0 aromatic heterocycles. The van der Waals surface area contributed by atoms with Crippen molar-refractivity contribution >= 4 is 29.9 Å². The third kappa shape index (κ3) is 3.24. The molecule has 0 aromatic rings. The summed E-state index contributed by atoms with van der Waals surface area (Å²) in [7, 11) is 6.51. The average Bonchev–Trinajstić information content (AvgIpc) is 2.84. The molecule has 0 unspecified atom stereocenters. The van der Waals surface area contributed by atoms with Crippen molar-refractivity contribution in [1.82, 2.24) is 15.1 Å². The summed E-state index contributed by atoms with van der Waals surface area (Å²) in [6.45, 7) is 3.02. The fraction of sp³-hybridized carbons (Fsp3) is 0.917. The summed E-state index contributed by atoms with van der Waals surface area (Å²) >= 11 is 0. The highest BCUT2D eigenvalue weighted by molar-refractivity contribution is 14.0. The number of nitrogens with zero attached hydrogens (tertiary/aromatic N) is 3. The van der Waals surface area contributed by atoms with Crippen LogP contribution in [0.2, 0.25) is 0 Å². The standard InChI is InChI=1S/C12H24N4.HI/c1-15(2)12(6-4-5-7-12)10-14-11-13-8-9-16(11)3;/h4-10H2,1-3H3,(H,13,14);1H. The summed E-state index contributed by atoms with van der Waals surface area (Å²) in [4.78, 5) is 9.08. The van der Waals surface area contributed by atoms with Gasteiger partial charge in [0.05, 0.1) is 6.54 Å². The number of nitrogens with one attached hydrogen (secondary N) is 1.